The molecule has 30 heavy (non-hydrogen) atoms. The SMILES string of the molecule is Cc1ccc(C(=O)CCC(=O)CCC(=O)N(C)Cc2cnn(-c3ccccc3)c2)s1. The molecular formula is C23H25N3O3S. The minimum absolute atomic E-state index is 0.0136. The van der Waals surface area contributed by atoms with Gasteiger partial charge in [-0.05, 0) is 31.2 Å². The van der Waals surface area contributed by atoms with E-state index in [1.165, 1.54) is 11.3 Å². The Kier molecular flexibility index (Phi) is 7.30. The molecule has 2 heterocycles. The number of aryl methyl sites for hydroxylation is 1. The van der Waals surface area contributed by atoms with Gasteiger partial charge in [-0.1, -0.05) is 18.2 Å². The standard InChI is InChI=1S/C23H25N3O3S/c1-17-8-12-22(30-17)21(28)11-9-20(27)10-13-23(29)25(2)15-18-14-24-26(16-18)19-6-4-3-5-7-19/h3-8,12,14,16H,9-11,13,15H2,1-2H3. The van der Waals surface area contributed by atoms with Gasteiger partial charge in [0.05, 0.1) is 16.8 Å². The molecule has 0 atom stereocenters. The Hall–Kier alpha value is -3.06. The Bertz CT molecular complexity index is 1020. The zero-order valence-electron chi connectivity index (χ0n) is 17.2. The van der Waals surface area contributed by atoms with Crippen molar-refractivity contribution in [3.63, 3.8) is 0 Å². The molecule has 0 saturated carbocycles. The predicted molar refractivity (Wildman–Crippen MR) is 117 cm³/mol. The van der Waals surface area contributed by atoms with Crippen LogP contribution >= 0.6 is 11.3 Å². The molecule has 0 unspecified atom stereocenters. The van der Waals surface area contributed by atoms with Gasteiger partial charge in [-0.3, -0.25) is 14.4 Å². The van der Waals surface area contributed by atoms with Crippen molar-refractivity contribution in [2.24, 2.45) is 0 Å². The summed E-state index contributed by atoms with van der Waals surface area (Å²) in [6.07, 6.45) is 4.30. The fraction of sp³-hybridized carbons (Fsp3) is 0.304. The molecule has 7 heteroatoms. The zero-order valence-corrected chi connectivity index (χ0v) is 18.0. The molecule has 1 aromatic carbocycles. The number of benzene rings is 1. The maximum absolute atomic E-state index is 12.4. The molecule has 3 rings (SSSR count). The second kappa shape index (κ2) is 10.1. The fourth-order valence-electron chi connectivity index (χ4n) is 3.05. The number of aromatic nitrogens is 2. The minimum Gasteiger partial charge on any atom is -0.341 e. The lowest BCUT2D eigenvalue weighted by Crippen LogP contribution is -2.26. The van der Waals surface area contributed by atoms with E-state index in [4.69, 9.17) is 0 Å². The molecule has 0 spiro atoms. The highest BCUT2D eigenvalue weighted by molar-refractivity contribution is 7.14. The predicted octanol–water partition coefficient (Wildman–Crippen LogP) is 4.21. The van der Waals surface area contributed by atoms with Crippen LogP contribution in [0.5, 0.6) is 0 Å². The van der Waals surface area contributed by atoms with E-state index >= 15 is 0 Å². The van der Waals surface area contributed by atoms with Crippen LogP contribution in [0.3, 0.4) is 0 Å². The van der Waals surface area contributed by atoms with Crippen molar-refractivity contribution < 1.29 is 14.4 Å². The van der Waals surface area contributed by atoms with E-state index in [0.717, 1.165) is 16.1 Å². The quantitative estimate of drug-likeness (QED) is 0.458. The van der Waals surface area contributed by atoms with Crippen LogP contribution in [0.4, 0.5) is 0 Å². The molecule has 0 aliphatic rings. The van der Waals surface area contributed by atoms with Gasteiger partial charge in [0, 0.05) is 55.9 Å². The second-order valence-corrected chi connectivity index (χ2v) is 8.54. The lowest BCUT2D eigenvalue weighted by Gasteiger charge is -2.15. The smallest absolute Gasteiger partial charge is 0.223 e. The van der Waals surface area contributed by atoms with Crippen LogP contribution in [-0.2, 0) is 16.1 Å². The van der Waals surface area contributed by atoms with E-state index in [1.807, 2.05) is 49.5 Å². The van der Waals surface area contributed by atoms with E-state index in [-0.39, 0.29) is 43.2 Å². The van der Waals surface area contributed by atoms with E-state index < -0.39 is 0 Å². The molecule has 0 fully saturated rings. The zero-order chi connectivity index (χ0) is 21.5. The molecule has 0 saturated heterocycles. The molecule has 0 radical (unpaired) electrons. The van der Waals surface area contributed by atoms with Gasteiger partial charge in [0.25, 0.3) is 0 Å². The van der Waals surface area contributed by atoms with Gasteiger partial charge in [0.1, 0.15) is 5.78 Å². The summed E-state index contributed by atoms with van der Waals surface area (Å²) in [5, 5.41) is 4.33. The number of hydrogen-bond acceptors (Lipinski definition) is 5. The molecular weight excluding hydrogens is 398 g/mol. The van der Waals surface area contributed by atoms with Crippen molar-refractivity contribution in [1.82, 2.24) is 14.7 Å². The third-order valence-corrected chi connectivity index (χ3v) is 5.81. The maximum Gasteiger partial charge on any atom is 0.223 e. The van der Waals surface area contributed by atoms with Gasteiger partial charge in [-0.15, -0.1) is 11.3 Å². The molecule has 1 amide bonds. The topological polar surface area (TPSA) is 72.3 Å². The van der Waals surface area contributed by atoms with Crippen LogP contribution in [0.25, 0.3) is 5.69 Å². The summed E-state index contributed by atoms with van der Waals surface area (Å²) in [6, 6.07) is 13.4. The molecule has 0 aliphatic heterocycles. The van der Waals surface area contributed by atoms with Gasteiger partial charge in [0.15, 0.2) is 5.78 Å². The molecule has 0 aliphatic carbocycles. The van der Waals surface area contributed by atoms with E-state index in [9.17, 15) is 14.4 Å². The summed E-state index contributed by atoms with van der Waals surface area (Å²) < 4.78 is 1.77. The minimum atomic E-state index is -0.101. The largest absolute Gasteiger partial charge is 0.341 e. The van der Waals surface area contributed by atoms with Crippen molar-refractivity contribution in [3.8, 4) is 5.69 Å². The van der Waals surface area contributed by atoms with Crippen LogP contribution in [0.15, 0.2) is 54.9 Å². The number of para-hydroxylation sites is 1. The van der Waals surface area contributed by atoms with Gasteiger partial charge in [-0.25, -0.2) is 4.68 Å². The first kappa shape index (κ1) is 21.6. The summed E-state index contributed by atoms with van der Waals surface area (Å²) in [7, 11) is 1.72. The van der Waals surface area contributed by atoms with Crippen molar-refractivity contribution in [3.05, 3.63) is 70.2 Å². The second-order valence-electron chi connectivity index (χ2n) is 7.25. The molecule has 156 valence electrons. The van der Waals surface area contributed by atoms with E-state index in [2.05, 4.69) is 5.10 Å². The Morgan fingerprint density at radius 3 is 2.43 bits per heavy atom. The lowest BCUT2D eigenvalue weighted by atomic mass is 10.1. The summed E-state index contributed by atoms with van der Waals surface area (Å²) in [5.74, 6) is -0.174. The number of carbonyl (C=O) groups is 3. The number of hydrogen-bond donors (Lipinski definition) is 0. The highest BCUT2D eigenvalue weighted by atomic mass is 32.1. The highest BCUT2D eigenvalue weighted by Gasteiger charge is 2.15. The summed E-state index contributed by atoms with van der Waals surface area (Å²) in [4.78, 5) is 39.9. The van der Waals surface area contributed by atoms with Crippen molar-refractivity contribution in [1.29, 1.82) is 0 Å². The normalized spacial score (nSPS) is 10.7. The lowest BCUT2D eigenvalue weighted by molar-refractivity contribution is -0.132. The summed E-state index contributed by atoms with van der Waals surface area (Å²) in [6.45, 7) is 2.37. The summed E-state index contributed by atoms with van der Waals surface area (Å²) >= 11 is 1.44. The number of nitrogens with zero attached hydrogens (tertiary/aromatic N) is 3. The molecule has 6 nitrogen and oxygen atoms in total. The van der Waals surface area contributed by atoms with Gasteiger partial charge >= 0.3 is 0 Å². The average molecular weight is 424 g/mol. The summed E-state index contributed by atoms with van der Waals surface area (Å²) in [5.41, 5.74) is 1.87. The number of rotatable bonds is 10. The molecule has 0 N–H and O–H groups in total. The van der Waals surface area contributed by atoms with Crippen LogP contribution < -0.4 is 0 Å². The number of thiophene rings is 1. The third kappa shape index (κ3) is 5.97. The Labute approximate surface area is 180 Å². The average Bonchev–Trinajstić information content (AvgIpc) is 3.40. The third-order valence-electron chi connectivity index (χ3n) is 4.77. The van der Waals surface area contributed by atoms with Crippen molar-refractivity contribution in [2.45, 2.75) is 39.2 Å². The van der Waals surface area contributed by atoms with Crippen LogP contribution in [0, 0.1) is 6.92 Å². The molecule has 3 aromatic rings. The first-order valence-corrected chi connectivity index (χ1v) is 10.7. The fourth-order valence-corrected chi connectivity index (χ4v) is 3.88. The van der Waals surface area contributed by atoms with Crippen molar-refractivity contribution in [2.75, 3.05) is 7.05 Å². The number of Topliss-reactive ketones (excluding diaryl/α,β-unsaturated/α-hetero) is 2. The van der Waals surface area contributed by atoms with Crippen LogP contribution in [-0.4, -0.2) is 39.2 Å². The van der Waals surface area contributed by atoms with Crippen LogP contribution in [0.2, 0.25) is 0 Å². The number of amides is 1. The Morgan fingerprint density at radius 2 is 1.73 bits per heavy atom. The first-order valence-electron chi connectivity index (χ1n) is 9.86. The Balaban J connectivity index is 1.41. The van der Waals surface area contributed by atoms with E-state index in [0.29, 0.717) is 11.4 Å². The van der Waals surface area contributed by atoms with Crippen molar-refractivity contribution >= 4 is 28.8 Å². The van der Waals surface area contributed by atoms with Gasteiger partial charge < -0.3 is 4.90 Å². The van der Waals surface area contributed by atoms with Crippen LogP contribution in [0.1, 0.15) is 45.8 Å². The highest BCUT2D eigenvalue weighted by Crippen LogP contribution is 2.18. The Morgan fingerprint density at radius 1 is 1.00 bits per heavy atom. The first-order chi connectivity index (χ1) is 14.4. The number of ketones is 2. The van der Waals surface area contributed by atoms with E-state index in [1.54, 1.807) is 28.9 Å². The monoisotopic (exact) mass is 423 g/mol. The van der Waals surface area contributed by atoms with Gasteiger partial charge in [-0.2, -0.15) is 5.10 Å². The van der Waals surface area contributed by atoms with Gasteiger partial charge in [0.2, 0.25) is 5.91 Å². The number of carbonyl (C=O) groups excluding carboxylic acids is 3. The molecule has 2 aromatic heterocycles. The molecule has 0 bridgehead atoms. The maximum atomic E-state index is 12.4.